The Bertz CT molecular complexity index is 1270. The molecule has 148 valence electrons. The molecule has 5 nitrogen and oxygen atoms in total. The fourth-order valence-electron chi connectivity index (χ4n) is 4.75. The van der Waals surface area contributed by atoms with E-state index < -0.39 is 11.0 Å². The number of aliphatic imine (C=N–C) groups is 1. The number of thiophene rings is 1. The number of likely N-dealkylation sites (N-methyl/N-ethyl adjacent to an activating group) is 1. The first-order valence-corrected chi connectivity index (χ1v) is 10.5. The molecule has 2 heterocycles. The Labute approximate surface area is 179 Å². The molecule has 6 heteroatoms. The second kappa shape index (κ2) is 6.28. The highest BCUT2D eigenvalue weighted by atomic mass is 32.1. The summed E-state index contributed by atoms with van der Waals surface area (Å²) < 4.78 is 0. The number of fused-ring (bicyclic) bond motifs is 2. The molecular formula is C24H20N4OS. The van der Waals surface area contributed by atoms with Gasteiger partial charge >= 0.3 is 0 Å². The minimum atomic E-state index is -0.801. The van der Waals surface area contributed by atoms with Gasteiger partial charge in [-0.05, 0) is 54.3 Å². The van der Waals surface area contributed by atoms with E-state index in [1.54, 1.807) is 24.5 Å². The van der Waals surface area contributed by atoms with Crippen molar-refractivity contribution in [3.63, 3.8) is 0 Å². The monoisotopic (exact) mass is 412 g/mol. The Morgan fingerprint density at radius 2 is 1.97 bits per heavy atom. The summed E-state index contributed by atoms with van der Waals surface area (Å²) in [6.45, 7) is 2.02. The zero-order valence-electron chi connectivity index (χ0n) is 16.7. The molecule has 0 unspecified atom stereocenters. The van der Waals surface area contributed by atoms with E-state index in [-0.39, 0.29) is 11.9 Å². The number of nitrogens with zero attached hydrogens (tertiary/aromatic N) is 3. The maximum Gasteiger partial charge on any atom is 0.242 e. The molecule has 3 aromatic rings. The Morgan fingerprint density at radius 1 is 1.17 bits per heavy atom. The van der Waals surface area contributed by atoms with Gasteiger partial charge in [0.25, 0.3) is 0 Å². The molecule has 1 amide bonds. The first kappa shape index (κ1) is 18.6. The van der Waals surface area contributed by atoms with E-state index in [0.29, 0.717) is 12.0 Å². The third-order valence-corrected chi connectivity index (χ3v) is 7.82. The molecule has 2 aliphatic rings. The highest BCUT2D eigenvalue weighted by molar-refractivity contribution is 7.15. The minimum Gasteiger partial charge on any atom is -0.369 e. The van der Waals surface area contributed by atoms with E-state index in [0.717, 1.165) is 20.9 Å². The van der Waals surface area contributed by atoms with Crippen LogP contribution in [0.15, 0.2) is 65.7 Å². The van der Waals surface area contributed by atoms with Gasteiger partial charge in [-0.3, -0.25) is 9.69 Å². The van der Waals surface area contributed by atoms with Crippen molar-refractivity contribution >= 4 is 23.2 Å². The number of carbonyl (C=O) groups is 1. The van der Waals surface area contributed by atoms with Crippen LogP contribution in [0.25, 0.3) is 10.4 Å². The zero-order valence-corrected chi connectivity index (χ0v) is 17.5. The van der Waals surface area contributed by atoms with Gasteiger partial charge in [0.05, 0.1) is 11.6 Å². The second-order valence-corrected chi connectivity index (χ2v) is 9.09. The van der Waals surface area contributed by atoms with Crippen molar-refractivity contribution in [2.75, 3.05) is 7.05 Å². The smallest absolute Gasteiger partial charge is 0.242 e. The van der Waals surface area contributed by atoms with Crippen molar-refractivity contribution in [1.82, 2.24) is 4.90 Å². The van der Waals surface area contributed by atoms with Crippen molar-refractivity contribution < 1.29 is 4.79 Å². The molecular weight excluding hydrogens is 392 g/mol. The quantitative estimate of drug-likeness (QED) is 0.695. The third-order valence-electron chi connectivity index (χ3n) is 6.48. The zero-order chi connectivity index (χ0) is 21.1. The van der Waals surface area contributed by atoms with Gasteiger partial charge in [0.2, 0.25) is 5.91 Å². The molecule has 1 aliphatic heterocycles. The standard InChI is InChI=1S/C24H20N4OS/c1-23(20-11-10-19(30-20)16-8-5-6-15(12-16)14-25)24(21(29)28(2)22(26)27-23)13-17-7-3-4-9-18(17)24/h3-12H,13H2,1-2H3,(H2,26,27)/t23-,24+/m1/s1. The molecule has 1 aromatic heterocycles. The van der Waals surface area contributed by atoms with E-state index in [2.05, 4.69) is 12.1 Å². The summed E-state index contributed by atoms with van der Waals surface area (Å²) in [7, 11) is 1.69. The van der Waals surface area contributed by atoms with Crippen LogP contribution in [0.4, 0.5) is 0 Å². The molecule has 5 rings (SSSR count). The van der Waals surface area contributed by atoms with Gasteiger partial charge in [-0.25, -0.2) is 4.99 Å². The Balaban J connectivity index is 1.68. The number of guanidine groups is 1. The average Bonchev–Trinajstić information content (AvgIpc) is 3.24. The normalized spacial score (nSPS) is 24.8. The highest BCUT2D eigenvalue weighted by Crippen LogP contribution is 2.58. The van der Waals surface area contributed by atoms with Crippen molar-refractivity contribution in [1.29, 1.82) is 5.26 Å². The molecule has 2 aromatic carbocycles. The molecule has 0 saturated heterocycles. The number of rotatable bonds is 2. The molecule has 0 saturated carbocycles. The van der Waals surface area contributed by atoms with Crippen LogP contribution in [-0.2, 0) is 22.2 Å². The van der Waals surface area contributed by atoms with Crippen LogP contribution < -0.4 is 5.73 Å². The molecule has 2 N–H and O–H groups in total. The topological polar surface area (TPSA) is 82.5 Å². The number of carbonyl (C=O) groups excluding carboxylic acids is 1. The van der Waals surface area contributed by atoms with Crippen LogP contribution in [0.1, 0.15) is 28.5 Å². The summed E-state index contributed by atoms with van der Waals surface area (Å²) >= 11 is 1.60. The molecule has 1 spiro atoms. The first-order valence-electron chi connectivity index (χ1n) is 9.73. The number of hydrogen-bond donors (Lipinski definition) is 1. The van der Waals surface area contributed by atoms with Crippen molar-refractivity contribution in [3.8, 4) is 16.5 Å². The molecule has 1 aliphatic carbocycles. The van der Waals surface area contributed by atoms with Crippen LogP contribution >= 0.6 is 11.3 Å². The summed E-state index contributed by atoms with van der Waals surface area (Å²) in [6.07, 6.45) is 0.636. The molecule has 0 fully saturated rings. The lowest BCUT2D eigenvalue weighted by Crippen LogP contribution is -2.67. The summed E-state index contributed by atoms with van der Waals surface area (Å²) in [5, 5.41) is 9.22. The predicted octanol–water partition coefficient (Wildman–Crippen LogP) is 3.78. The number of hydrogen-bond acceptors (Lipinski definition) is 5. The maximum atomic E-state index is 13.6. The van der Waals surface area contributed by atoms with Crippen LogP contribution in [0.5, 0.6) is 0 Å². The van der Waals surface area contributed by atoms with E-state index >= 15 is 0 Å². The molecule has 30 heavy (non-hydrogen) atoms. The van der Waals surface area contributed by atoms with Crippen molar-refractivity contribution in [3.05, 3.63) is 82.2 Å². The SMILES string of the molecule is CN1C(=O)[C@@]2(Cc3ccccc32)[C@@](C)(c2ccc(-c3cccc(C#N)c3)s2)N=C1N. The lowest BCUT2D eigenvalue weighted by atomic mass is 9.53. The van der Waals surface area contributed by atoms with Gasteiger partial charge in [-0.15, -0.1) is 11.3 Å². The van der Waals surface area contributed by atoms with E-state index in [4.69, 9.17) is 10.7 Å². The summed E-state index contributed by atoms with van der Waals surface area (Å²) in [6, 6.07) is 21.9. The van der Waals surface area contributed by atoms with Crippen molar-refractivity contribution in [2.45, 2.75) is 24.3 Å². The van der Waals surface area contributed by atoms with Gasteiger partial charge in [-0.2, -0.15) is 5.26 Å². The number of amides is 1. The molecule has 0 bridgehead atoms. The van der Waals surface area contributed by atoms with Gasteiger partial charge in [0.1, 0.15) is 11.0 Å². The number of nitriles is 1. The summed E-state index contributed by atoms with van der Waals surface area (Å²) in [4.78, 5) is 22.0. The van der Waals surface area contributed by atoms with E-state index in [1.807, 2.05) is 55.5 Å². The van der Waals surface area contributed by atoms with Gasteiger partial charge in [0, 0.05) is 16.8 Å². The van der Waals surface area contributed by atoms with Crippen LogP contribution in [0, 0.1) is 11.3 Å². The predicted molar refractivity (Wildman–Crippen MR) is 118 cm³/mol. The van der Waals surface area contributed by atoms with Gasteiger partial charge < -0.3 is 5.73 Å². The van der Waals surface area contributed by atoms with Crippen LogP contribution in [0.3, 0.4) is 0 Å². The van der Waals surface area contributed by atoms with E-state index in [9.17, 15) is 10.1 Å². The summed E-state index contributed by atoms with van der Waals surface area (Å²) in [5.74, 6) is 0.219. The lowest BCUT2D eigenvalue weighted by molar-refractivity contribution is -0.138. The number of nitrogens with two attached hydrogens (primary N) is 1. The van der Waals surface area contributed by atoms with E-state index in [1.165, 1.54) is 10.5 Å². The fourth-order valence-corrected chi connectivity index (χ4v) is 5.92. The average molecular weight is 413 g/mol. The molecule has 2 atom stereocenters. The van der Waals surface area contributed by atoms with Gasteiger partial charge in [-0.1, -0.05) is 36.4 Å². The lowest BCUT2D eigenvalue weighted by Gasteiger charge is -2.55. The van der Waals surface area contributed by atoms with Crippen LogP contribution in [0.2, 0.25) is 0 Å². The minimum absolute atomic E-state index is 0.0161. The number of benzene rings is 2. The second-order valence-electron chi connectivity index (χ2n) is 8.00. The van der Waals surface area contributed by atoms with Gasteiger partial charge in [0.15, 0.2) is 5.96 Å². The summed E-state index contributed by atoms with van der Waals surface area (Å²) in [5.41, 5.74) is 8.42. The largest absolute Gasteiger partial charge is 0.369 e. The van der Waals surface area contributed by atoms with Crippen molar-refractivity contribution in [2.24, 2.45) is 10.7 Å². The third kappa shape index (κ3) is 2.27. The Hall–Kier alpha value is -3.43. The fraction of sp³-hybridized carbons (Fsp3) is 0.208. The van der Waals surface area contributed by atoms with Crippen LogP contribution in [-0.4, -0.2) is 23.8 Å². The Morgan fingerprint density at radius 3 is 2.73 bits per heavy atom. The molecule has 0 radical (unpaired) electrons. The highest BCUT2D eigenvalue weighted by Gasteiger charge is 2.65. The first-order chi connectivity index (χ1) is 14.4. The Kier molecular flexibility index (Phi) is 3.89. The maximum absolute atomic E-state index is 13.6.